The van der Waals surface area contributed by atoms with E-state index in [0.717, 1.165) is 0 Å². The van der Waals surface area contributed by atoms with Crippen molar-refractivity contribution < 1.29 is 34.4 Å². The molecule has 10 heteroatoms. The van der Waals surface area contributed by atoms with Crippen molar-refractivity contribution in [3.8, 4) is 0 Å². The quantitative estimate of drug-likeness (QED) is 0.182. The molecule has 0 bridgehead atoms. The van der Waals surface area contributed by atoms with Gasteiger partial charge in [-0.1, -0.05) is 0 Å². The molecule has 0 saturated heterocycles. The minimum Gasteiger partial charge on any atom is -0.463 e. The molecule has 0 amide bonds. The van der Waals surface area contributed by atoms with Crippen molar-refractivity contribution in [3.63, 3.8) is 0 Å². The summed E-state index contributed by atoms with van der Waals surface area (Å²) in [5, 5.41) is 26.9. The lowest BCUT2D eigenvalue weighted by Crippen LogP contribution is -2.42. The first-order valence-electron chi connectivity index (χ1n) is 5.03. The van der Waals surface area contributed by atoms with Crippen LogP contribution in [0.5, 0.6) is 0 Å². The molecule has 112 valence electrons. The average molecular weight is 332 g/mol. The van der Waals surface area contributed by atoms with E-state index in [-0.39, 0.29) is 0 Å². The smallest absolute Gasteiger partial charge is 0.342 e. The zero-order valence-corrected chi connectivity index (χ0v) is 12.5. The molecule has 19 heavy (non-hydrogen) atoms. The Bertz CT molecular complexity index is 311. The first-order valence-corrected chi connectivity index (χ1v) is 6.37. The third-order valence-electron chi connectivity index (χ3n) is 2.12. The number of aliphatic hydroxyl groups is 3. The van der Waals surface area contributed by atoms with Crippen molar-refractivity contribution in [2.75, 3.05) is 33.0 Å². The lowest BCUT2D eigenvalue weighted by atomic mass is 9.92. The molecule has 0 fully saturated rings. The number of hydrogen-bond donors (Lipinski definition) is 6. The van der Waals surface area contributed by atoms with Gasteiger partial charge in [0.2, 0.25) is 0 Å². The van der Waals surface area contributed by atoms with E-state index in [1.807, 2.05) is 0 Å². The fourth-order valence-corrected chi connectivity index (χ4v) is 1.06. The van der Waals surface area contributed by atoms with Gasteiger partial charge in [0.05, 0.1) is 18.6 Å². The van der Waals surface area contributed by atoms with Crippen molar-refractivity contribution in [3.05, 3.63) is 0 Å². The number of rotatable bonds is 8. The van der Waals surface area contributed by atoms with Crippen LogP contribution in [0.25, 0.3) is 0 Å². The van der Waals surface area contributed by atoms with E-state index >= 15 is 0 Å². The average Bonchev–Trinajstić information content (AvgIpc) is 2.37. The summed E-state index contributed by atoms with van der Waals surface area (Å²) in [6.07, 6.45) is 0. The first kappa shape index (κ1) is 18.9. The van der Waals surface area contributed by atoms with Gasteiger partial charge < -0.3 is 24.8 Å². The Morgan fingerprint density at radius 1 is 0.947 bits per heavy atom. The van der Waals surface area contributed by atoms with Crippen LogP contribution in [0.2, 0.25) is 0 Å². The summed E-state index contributed by atoms with van der Waals surface area (Å²) in [4.78, 5) is 22.2. The fraction of sp³-hybridized carbons (Fsp3) is 0.778. The van der Waals surface area contributed by atoms with Gasteiger partial charge in [-0.3, -0.25) is 0 Å². The molecule has 0 unspecified atom stereocenters. The highest BCUT2D eigenvalue weighted by Crippen LogP contribution is 2.27. The van der Waals surface area contributed by atoms with Crippen molar-refractivity contribution in [1.29, 1.82) is 0 Å². The molecule has 7 nitrogen and oxygen atoms in total. The summed E-state index contributed by atoms with van der Waals surface area (Å²) < 4.78 is 7.75. The molecule has 0 aliphatic rings. The molecular weight excluding hydrogens is 316 g/mol. The van der Waals surface area contributed by atoms with Crippen molar-refractivity contribution in [1.82, 2.24) is 0 Å². The first-order chi connectivity index (χ1) is 8.70. The van der Waals surface area contributed by atoms with Gasteiger partial charge in [-0.2, -0.15) is 0 Å². The lowest BCUT2D eigenvalue weighted by molar-refractivity contribution is -0.160. The highest BCUT2D eigenvalue weighted by Gasteiger charge is 2.35. The second-order valence-electron chi connectivity index (χ2n) is 3.85. The van der Waals surface area contributed by atoms with E-state index in [0.29, 0.717) is 0 Å². The third kappa shape index (κ3) is 6.72. The standard InChI is InChI=1S/C9H16O7S3/c10-1-6(13)15-4-8(2-11,3-12)5-16-7(14)9(17,18)19/h10-12,17-19H,1-5H2. The molecule has 3 N–H and O–H groups in total. The monoisotopic (exact) mass is 332 g/mol. The second-order valence-corrected chi connectivity index (χ2v) is 6.92. The molecule has 0 saturated carbocycles. The number of carbonyl (C=O) groups excluding carboxylic acids is 2. The SMILES string of the molecule is O=C(CO)OCC(CO)(CO)COC(=O)C(S)(S)S. The van der Waals surface area contributed by atoms with Gasteiger partial charge >= 0.3 is 11.9 Å². The van der Waals surface area contributed by atoms with Gasteiger partial charge in [-0.15, -0.1) is 37.9 Å². The maximum Gasteiger partial charge on any atom is 0.342 e. The molecule has 0 aliphatic heterocycles. The molecule has 0 aliphatic carbocycles. The second kappa shape index (κ2) is 8.22. The van der Waals surface area contributed by atoms with Crippen LogP contribution in [0, 0.1) is 5.41 Å². The number of aliphatic hydroxyl groups excluding tert-OH is 3. The van der Waals surface area contributed by atoms with Crippen LogP contribution in [0.3, 0.4) is 0 Å². The van der Waals surface area contributed by atoms with Crippen LogP contribution >= 0.6 is 37.9 Å². The van der Waals surface area contributed by atoms with Gasteiger partial charge in [-0.25, -0.2) is 9.59 Å². The summed E-state index contributed by atoms with van der Waals surface area (Å²) in [5.74, 6) is -1.83. The van der Waals surface area contributed by atoms with Crippen LogP contribution < -0.4 is 0 Å². The molecule has 0 aromatic carbocycles. The van der Waals surface area contributed by atoms with E-state index in [2.05, 4.69) is 42.6 Å². The van der Waals surface area contributed by atoms with Gasteiger partial charge in [0.25, 0.3) is 0 Å². The normalized spacial score (nSPS) is 12.1. The van der Waals surface area contributed by atoms with E-state index in [9.17, 15) is 19.8 Å². The number of esters is 2. The topological polar surface area (TPSA) is 113 Å². The summed E-state index contributed by atoms with van der Waals surface area (Å²) in [7, 11) is 0. The fourth-order valence-electron chi connectivity index (χ4n) is 0.869. The minimum absolute atomic E-state index is 0.425. The lowest BCUT2D eigenvalue weighted by Gasteiger charge is -2.29. The van der Waals surface area contributed by atoms with Crippen LogP contribution in [-0.2, 0) is 19.1 Å². The zero-order chi connectivity index (χ0) is 15.1. The Hall–Kier alpha value is -0.130. The van der Waals surface area contributed by atoms with E-state index in [1.54, 1.807) is 0 Å². The van der Waals surface area contributed by atoms with Crippen LogP contribution in [0.1, 0.15) is 0 Å². The van der Waals surface area contributed by atoms with Crippen molar-refractivity contribution >= 4 is 49.8 Å². The third-order valence-corrected chi connectivity index (χ3v) is 2.67. The number of carbonyl (C=O) groups is 2. The van der Waals surface area contributed by atoms with Gasteiger partial charge in [0.15, 0.2) is 3.41 Å². The molecule has 0 spiro atoms. The molecule has 0 aromatic heterocycles. The Kier molecular flexibility index (Phi) is 8.17. The number of hydrogen-bond acceptors (Lipinski definition) is 10. The molecule has 0 heterocycles. The van der Waals surface area contributed by atoms with Crippen molar-refractivity contribution in [2.45, 2.75) is 3.41 Å². The molecular formula is C9H16O7S3. The molecule has 0 atom stereocenters. The Balaban J connectivity index is 4.54. The Morgan fingerprint density at radius 2 is 1.42 bits per heavy atom. The number of ether oxygens (including phenoxy) is 2. The van der Waals surface area contributed by atoms with Gasteiger partial charge in [-0.05, 0) is 0 Å². The van der Waals surface area contributed by atoms with Gasteiger partial charge in [0.1, 0.15) is 19.8 Å². The summed E-state index contributed by atoms with van der Waals surface area (Å²) in [6.45, 7) is -2.89. The van der Waals surface area contributed by atoms with E-state index < -0.39 is 53.8 Å². The Morgan fingerprint density at radius 3 is 1.79 bits per heavy atom. The summed E-state index contributed by atoms with van der Waals surface area (Å²) >= 11 is 11.2. The van der Waals surface area contributed by atoms with Crippen LogP contribution in [-0.4, -0.2) is 63.7 Å². The van der Waals surface area contributed by atoms with Gasteiger partial charge in [0, 0.05) is 0 Å². The van der Waals surface area contributed by atoms with E-state index in [1.165, 1.54) is 0 Å². The molecule has 0 rings (SSSR count). The largest absolute Gasteiger partial charge is 0.463 e. The predicted molar refractivity (Wildman–Crippen MR) is 75.3 cm³/mol. The zero-order valence-electron chi connectivity index (χ0n) is 9.85. The highest BCUT2D eigenvalue weighted by molar-refractivity contribution is 8.18. The van der Waals surface area contributed by atoms with Crippen LogP contribution in [0.15, 0.2) is 0 Å². The molecule has 0 radical (unpaired) electrons. The minimum atomic E-state index is -1.63. The maximum absolute atomic E-state index is 11.4. The predicted octanol–water partition coefficient (Wildman–Crippen LogP) is -1.52. The maximum atomic E-state index is 11.4. The number of thiol groups is 3. The summed E-state index contributed by atoms with van der Waals surface area (Å²) in [6, 6.07) is 0. The Labute approximate surface area is 126 Å². The van der Waals surface area contributed by atoms with Crippen molar-refractivity contribution in [2.24, 2.45) is 5.41 Å². The molecule has 0 aromatic rings. The summed E-state index contributed by atoms with van der Waals surface area (Å²) in [5.41, 5.74) is -1.37. The van der Waals surface area contributed by atoms with E-state index in [4.69, 9.17) is 9.84 Å². The van der Waals surface area contributed by atoms with Crippen LogP contribution in [0.4, 0.5) is 0 Å². The highest BCUT2D eigenvalue weighted by atomic mass is 32.2.